The molecule has 1 aliphatic rings. The van der Waals surface area contributed by atoms with Crippen LogP contribution in [0.5, 0.6) is 0 Å². The van der Waals surface area contributed by atoms with Crippen molar-refractivity contribution in [2.24, 2.45) is 13.0 Å². The number of aryl methyl sites for hydroxylation is 2. The largest absolute Gasteiger partial charge is 0.359 e. The third kappa shape index (κ3) is 4.12. The fourth-order valence-electron chi connectivity index (χ4n) is 3.06. The van der Waals surface area contributed by atoms with Crippen LogP contribution >= 0.6 is 0 Å². The van der Waals surface area contributed by atoms with Gasteiger partial charge in [0.2, 0.25) is 5.91 Å². The van der Waals surface area contributed by atoms with E-state index in [1.54, 1.807) is 24.6 Å². The molecule has 10 heteroatoms. The van der Waals surface area contributed by atoms with Gasteiger partial charge in [-0.15, -0.1) is 0 Å². The zero-order chi connectivity index (χ0) is 20.7. The van der Waals surface area contributed by atoms with Crippen LogP contribution < -0.4 is 5.32 Å². The van der Waals surface area contributed by atoms with Gasteiger partial charge < -0.3 is 14.4 Å². The first-order chi connectivity index (χ1) is 13.0. The molecule has 3 rings (SSSR count). The van der Waals surface area contributed by atoms with Gasteiger partial charge in [-0.1, -0.05) is 25.9 Å². The summed E-state index contributed by atoms with van der Waals surface area (Å²) >= 11 is 0. The number of carbonyl (C=O) groups excluding carboxylic acids is 1. The van der Waals surface area contributed by atoms with E-state index in [1.165, 1.54) is 10.5 Å². The maximum atomic E-state index is 12.7. The first-order valence-electron chi connectivity index (χ1n) is 9.26. The SMILES string of the molecule is Cc1nc(S(=O)(=O)N2CCC(C(=O)Nc3cc(C(C)(C)C)on3)CC2)cn1C. The van der Waals surface area contributed by atoms with Crippen molar-refractivity contribution < 1.29 is 17.7 Å². The Morgan fingerprint density at radius 1 is 1.29 bits per heavy atom. The van der Waals surface area contributed by atoms with Crippen LogP contribution in [0, 0.1) is 12.8 Å². The second-order valence-electron chi connectivity index (χ2n) is 8.23. The van der Waals surface area contributed by atoms with Gasteiger partial charge in [0, 0.05) is 43.7 Å². The summed E-state index contributed by atoms with van der Waals surface area (Å²) in [6.45, 7) is 8.31. The third-order valence-electron chi connectivity index (χ3n) is 5.02. The molecule has 154 valence electrons. The topological polar surface area (TPSA) is 110 Å². The highest BCUT2D eigenvalue weighted by atomic mass is 32.2. The summed E-state index contributed by atoms with van der Waals surface area (Å²) in [6.07, 6.45) is 2.41. The van der Waals surface area contributed by atoms with Crippen molar-refractivity contribution in [3.63, 3.8) is 0 Å². The maximum absolute atomic E-state index is 12.7. The molecule has 0 radical (unpaired) electrons. The van der Waals surface area contributed by atoms with E-state index in [-0.39, 0.29) is 35.4 Å². The lowest BCUT2D eigenvalue weighted by atomic mass is 9.93. The Morgan fingerprint density at radius 2 is 1.93 bits per heavy atom. The number of nitrogens with zero attached hydrogens (tertiary/aromatic N) is 4. The van der Waals surface area contributed by atoms with Crippen LogP contribution in [0.3, 0.4) is 0 Å². The van der Waals surface area contributed by atoms with Gasteiger partial charge in [-0.2, -0.15) is 4.31 Å². The number of anilines is 1. The molecule has 0 unspecified atom stereocenters. The number of hydrogen-bond acceptors (Lipinski definition) is 6. The van der Waals surface area contributed by atoms with Crippen molar-refractivity contribution in [3.8, 4) is 0 Å². The lowest BCUT2D eigenvalue weighted by molar-refractivity contribution is -0.120. The molecule has 3 heterocycles. The zero-order valence-corrected chi connectivity index (χ0v) is 17.7. The second-order valence-corrected chi connectivity index (χ2v) is 10.1. The molecule has 0 aromatic carbocycles. The van der Waals surface area contributed by atoms with Gasteiger partial charge in [0.1, 0.15) is 11.6 Å². The average Bonchev–Trinajstić information content (AvgIpc) is 3.22. The van der Waals surface area contributed by atoms with Gasteiger partial charge >= 0.3 is 0 Å². The minimum absolute atomic E-state index is 0.0488. The van der Waals surface area contributed by atoms with E-state index in [0.717, 1.165) is 0 Å². The summed E-state index contributed by atoms with van der Waals surface area (Å²) in [5.41, 5.74) is -0.195. The summed E-state index contributed by atoms with van der Waals surface area (Å²) in [7, 11) is -1.89. The van der Waals surface area contributed by atoms with Crippen molar-refractivity contribution in [1.82, 2.24) is 19.0 Å². The summed E-state index contributed by atoms with van der Waals surface area (Å²) in [6, 6.07) is 1.72. The molecule has 1 N–H and O–H groups in total. The highest BCUT2D eigenvalue weighted by molar-refractivity contribution is 7.89. The fraction of sp³-hybridized carbons (Fsp3) is 0.611. The molecule has 0 saturated carbocycles. The molecule has 0 spiro atoms. The number of imidazole rings is 1. The van der Waals surface area contributed by atoms with E-state index in [1.807, 2.05) is 20.8 Å². The summed E-state index contributed by atoms with van der Waals surface area (Å²) in [4.78, 5) is 16.6. The van der Waals surface area contributed by atoms with Crippen LogP contribution in [0.4, 0.5) is 5.82 Å². The van der Waals surface area contributed by atoms with E-state index in [0.29, 0.717) is 30.2 Å². The predicted molar refractivity (Wildman–Crippen MR) is 103 cm³/mol. The van der Waals surface area contributed by atoms with Crippen LogP contribution in [0.25, 0.3) is 0 Å². The van der Waals surface area contributed by atoms with Crippen LogP contribution in [0.15, 0.2) is 21.8 Å². The second kappa shape index (κ2) is 7.32. The molecule has 1 aliphatic heterocycles. The number of carbonyl (C=O) groups is 1. The highest BCUT2D eigenvalue weighted by Gasteiger charge is 2.34. The molecule has 1 amide bonds. The van der Waals surface area contributed by atoms with E-state index in [4.69, 9.17) is 4.52 Å². The van der Waals surface area contributed by atoms with E-state index in [9.17, 15) is 13.2 Å². The monoisotopic (exact) mass is 409 g/mol. The van der Waals surface area contributed by atoms with Crippen LogP contribution in [-0.2, 0) is 27.3 Å². The maximum Gasteiger partial charge on any atom is 0.262 e. The number of amides is 1. The van der Waals surface area contributed by atoms with Gasteiger partial charge in [-0.05, 0) is 19.8 Å². The van der Waals surface area contributed by atoms with Crippen molar-refractivity contribution in [2.75, 3.05) is 18.4 Å². The average molecular weight is 410 g/mol. The summed E-state index contributed by atoms with van der Waals surface area (Å²) in [5.74, 6) is 1.27. The van der Waals surface area contributed by atoms with Gasteiger partial charge in [0.25, 0.3) is 10.0 Å². The number of aromatic nitrogens is 3. The standard InChI is InChI=1S/C18H27N5O4S/c1-12-19-16(11-22(12)5)28(25,26)23-8-6-13(7-9-23)17(24)20-15-10-14(27-21-15)18(2,3)4/h10-11,13H,6-9H2,1-5H3,(H,20,21,24). The molecule has 0 bridgehead atoms. The van der Waals surface area contributed by atoms with Gasteiger partial charge in [-0.25, -0.2) is 13.4 Å². The van der Waals surface area contributed by atoms with Gasteiger partial charge in [0.15, 0.2) is 10.8 Å². The Labute approximate surface area is 165 Å². The Bertz CT molecular complexity index is 943. The molecule has 28 heavy (non-hydrogen) atoms. The van der Waals surface area contributed by atoms with Gasteiger partial charge in [0.05, 0.1) is 0 Å². The van der Waals surface area contributed by atoms with Gasteiger partial charge in [-0.3, -0.25) is 4.79 Å². The zero-order valence-electron chi connectivity index (χ0n) is 16.9. The molecular weight excluding hydrogens is 382 g/mol. The lowest BCUT2D eigenvalue weighted by Crippen LogP contribution is -2.41. The lowest BCUT2D eigenvalue weighted by Gasteiger charge is -2.29. The summed E-state index contributed by atoms with van der Waals surface area (Å²) in [5, 5.41) is 6.72. The number of piperidine rings is 1. The molecule has 0 aliphatic carbocycles. The Morgan fingerprint density at radius 3 is 2.43 bits per heavy atom. The Balaban J connectivity index is 1.60. The fourth-order valence-corrected chi connectivity index (χ4v) is 4.55. The number of hydrogen-bond donors (Lipinski definition) is 1. The van der Waals surface area contributed by atoms with E-state index >= 15 is 0 Å². The third-order valence-corrected chi connectivity index (χ3v) is 6.79. The Hall–Kier alpha value is -2.20. The molecular formula is C18H27N5O4S. The van der Waals surface area contributed by atoms with Crippen molar-refractivity contribution >= 4 is 21.7 Å². The normalized spacial score (nSPS) is 17.0. The highest BCUT2D eigenvalue weighted by Crippen LogP contribution is 2.27. The van der Waals surface area contributed by atoms with Crippen LogP contribution in [0.1, 0.15) is 45.2 Å². The van der Waals surface area contributed by atoms with Crippen molar-refractivity contribution in [1.29, 1.82) is 0 Å². The quantitative estimate of drug-likeness (QED) is 0.827. The minimum Gasteiger partial charge on any atom is -0.359 e. The number of rotatable bonds is 4. The van der Waals surface area contributed by atoms with Crippen molar-refractivity contribution in [2.45, 2.75) is 51.0 Å². The first-order valence-corrected chi connectivity index (χ1v) is 10.7. The summed E-state index contributed by atoms with van der Waals surface area (Å²) < 4.78 is 33.8. The molecule has 0 atom stereocenters. The van der Waals surface area contributed by atoms with E-state index < -0.39 is 10.0 Å². The van der Waals surface area contributed by atoms with Crippen LogP contribution in [0.2, 0.25) is 0 Å². The number of nitrogens with one attached hydrogen (secondary N) is 1. The minimum atomic E-state index is -3.64. The molecule has 9 nitrogen and oxygen atoms in total. The van der Waals surface area contributed by atoms with Crippen molar-refractivity contribution in [3.05, 3.63) is 23.8 Å². The first kappa shape index (κ1) is 20.5. The molecule has 1 saturated heterocycles. The molecule has 1 fully saturated rings. The predicted octanol–water partition coefficient (Wildman–Crippen LogP) is 2.05. The molecule has 2 aromatic rings. The number of sulfonamides is 1. The molecule has 2 aromatic heterocycles. The van der Waals surface area contributed by atoms with Crippen LogP contribution in [-0.4, -0.2) is 46.4 Å². The smallest absolute Gasteiger partial charge is 0.262 e. The Kier molecular flexibility index (Phi) is 5.37. The van der Waals surface area contributed by atoms with E-state index in [2.05, 4.69) is 15.5 Å².